The Morgan fingerprint density at radius 3 is 3.00 bits per heavy atom. The van der Waals surface area contributed by atoms with Crippen LogP contribution >= 0.6 is 0 Å². The average Bonchev–Trinajstić information content (AvgIpc) is 3.60. The first-order valence-electron chi connectivity index (χ1n) is 11.8. The van der Waals surface area contributed by atoms with Gasteiger partial charge in [-0.05, 0) is 18.6 Å². The van der Waals surface area contributed by atoms with Gasteiger partial charge in [0.15, 0.2) is 5.65 Å². The lowest BCUT2D eigenvalue weighted by molar-refractivity contribution is -0.129. The molecule has 1 atom stereocenters. The van der Waals surface area contributed by atoms with Crippen LogP contribution in [0.25, 0.3) is 16.9 Å². The van der Waals surface area contributed by atoms with Crippen LogP contribution in [0.2, 0.25) is 0 Å². The largest absolute Gasteiger partial charge is 0.490 e. The molecule has 6 rings (SSSR count). The number of nitrogens with zero attached hydrogens (tertiary/aromatic N) is 6. The zero-order valence-electron chi connectivity index (χ0n) is 20.1. The van der Waals surface area contributed by atoms with Gasteiger partial charge in [-0.1, -0.05) is 0 Å². The first kappa shape index (κ1) is 23.6. The minimum atomic E-state index is -3.11. The molecule has 1 fully saturated rings. The summed E-state index contributed by atoms with van der Waals surface area (Å²) in [5.41, 5.74) is 1.52. The minimum Gasteiger partial charge on any atom is -0.490 e. The van der Waals surface area contributed by atoms with Gasteiger partial charge in [0.05, 0.1) is 29.3 Å². The zero-order chi connectivity index (χ0) is 26.4. The van der Waals surface area contributed by atoms with Crippen molar-refractivity contribution in [1.29, 1.82) is 0 Å². The smallest absolute Gasteiger partial charge is 0.387 e. The maximum absolute atomic E-state index is 13.4. The molecular weight excluding hydrogens is 502 g/mol. The maximum atomic E-state index is 13.4. The Kier molecular flexibility index (Phi) is 5.77. The number of benzene rings is 1. The molecule has 38 heavy (non-hydrogen) atoms. The molecule has 4 aromatic rings. The molecule has 14 heteroatoms. The predicted molar refractivity (Wildman–Crippen MR) is 131 cm³/mol. The van der Waals surface area contributed by atoms with Crippen molar-refractivity contribution in [3.63, 3.8) is 0 Å². The first-order valence-corrected chi connectivity index (χ1v) is 11.8. The number of hydrogen-bond donors (Lipinski definition) is 2. The second kappa shape index (κ2) is 9.28. The van der Waals surface area contributed by atoms with E-state index in [9.17, 15) is 18.4 Å². The second-order valence-corrected chi connectivity index (χ2v) is 8.83. The molecule has 1 saturated heterocycles. The maximum Gasteiger partial charge on any atom is 0.387 e. The van der Waals surface area contributed by atoms with E-state index in [1.165, 1.54) is 39.9 Å². The summed E-state index contributed by atoms with van der Waals surface area (Å²) in [5.74, 6) is -0.430. The van der Waals surface area contributed by atoms with Gasteiger partial charge in [0.1, 0.15) is 35.4 Å². The number of alkyl halides is 2. The van der Waals surface area contributed by atoms with Crippen LogP contribution in [0.5, 0.6) is 11.5 Å². The summed E-state index contributed by atoms with van der Waals surface area (Å²) in [4.78, 5) is 31.8. The highest BCUT2D eigenvalue weighted by Gasteiger charge is 2.33. The van der Waals surface area contributed by atoms with Gasteiger partial charge in [0.2, 0.25) is 5.91 Å². The highest BCUT2D eigenvalue weighted by Crippen LogP contribution is 2.43. The van der Waals surface area contributed by atoms with E-state index in [1.54, 1.807) is 24.2 Å². The van der Waals surface area contributed by atoms with Gasteiger partial charge in [0.25, 0.3) is 5.91 Å². The van der Waals surface area contributed by atoms with Crippen molar-refractivity contribution < 1.29 is 27.8 Å². The number of carbonyl (C=O) groups is 2. The Morgan fingerprint density at radius 2 is 2.21 bits per heavy atom. The van der Waals surface area contributed by atoms with Crippen LogP contribution in [-0.4, -0.2) is 74.4 Å². The van der Waals surface area contributed by atoms with Gasteiger partial charge >= 0.3 is 6.61 Å². The lowest BCUT2D eigenvalue weighted by atomic mass is 10.1. The fourth-order valence-corrected chi connectivity index (χ4v) is 4.61. The molecule has 2 amide bonds. The van der Waals surface area contributed by atoms with Crippen molar-refractivity contribution in [1.82, 2.24) is 29.3 Å². The van der Waals surface area contributed by atoms with E-state index in [1.807, 2.05) is 0 Å². The number of nitrogens with one attached hydrogen (secondary N) is 2. The van der Waals surface area contributed by atoms with Gasteiger partial charge in [0, 0.05) is 38.6 Å². The quantitative estimate of drug-likeness (QED) is 0.394. The molecule has 196 valence electrons. The summed E-state index contributed by atoms with van der Waals surface area (Å²) in [6.07, 6.45) is 6.58. The number of likely N-dealkylation sites (tertiary alicyclic amines) is 1. The van der Waals surface area contributed by atoms with E-state index in [-0.39, 0.29) is 34.2 Å². The summed E-state index contributed by atoms with van der Waals surface area (Å²) < 4.78 is 40.2. The third-order valence-electron chi connectivity index (χ3n) is 6.45. The molecular formula is C24H22F2N8O4. The molecule has 12 nitrogen and oxygen atoms in total. The van der Waals surface area contributed by atoms with E-state index < -0.39 is 18.6 Å². The van der Waals surface area contributed by atoms with Crippen molar-refractivity contribution >= 4 is 28.8 Å². The van der Waals surface area contributed by atoms with Gasteiger partial charge < -0.3 is 25.0 Å². The van der Waals surface area contributed by atoms with Crippen molar-refractivity contribution in [3.05, 3.63) is 48.5 Å². The number of ether oxygens (including phenoxy) is 2. The van der Waals surface area contributed by atoms with Crippen molar-refractivity contribution in [2.75, 3.05) is 37.4 Å². The summed E-state index contributed by atoms with van der Waals surface area (Å²) >= 11 is 0. The summed E-state index contributed by atoms with van der Waals surface area (Å²) in [7, 11) is 1.69. The van der Waals surface area contributed by atoms with E-state index in [4.69, 9.17) is 9.47 Å². The standard InChI is InChI=1S/C24H22F2N8O4/c1-32-7-3-17(23(32)36)34-12-16(30-22(35)14-11-29-33-6-2-4-28-21(14)33)20(31-34)13-9-19-15(27-5-8-37-19)10-18(13)38-24(25)26/h2,4,6,9-12,17,24,27H,3,5,7-8H2,1H3,(H,30,35)/t17-/m1/s1. The Labute approximate surface area is 214 Å². The van der Waals surface area contributed by atoms with Gasteiger partial charge in [-0.3, -0.25) is 14.3 Å². The van der Waals surface area contributed by atoms with Crippen LogP contribution in [0.4, 0.5) is 20.2 Å². The van der Waals surface area contributed by atoms with E-state index >= 15 is 0 Å². The van der Waals surface area contributed by atoms with E-state index in [2.05, 4.69) is 25.8 Å². The Hall–Kier alpha value is -4.75. The monoisotopic (exact) mass is 524 g/mol. The fraction of sp³-hybridized carbons (Fsp3) is 0.292. The number of aromatic nitrogens is 5. The van der Waals surface area contributed by atoms with Crippen LogP contribution in [0, 0.1) is 0 Å². The number of halogens is 2. The highest BCUT2D eigenvalue weighted by molar-refractivity contribution is 6.09. The number of fused-ring (bicyclic) bond motifs is 2. The van der Waals surface area contributed by atoms with Gasteiger partial charge in [-0.25, -0.2) is 9.50 Å². The summed E-state index contributed by atoms with van der Waals surface area (Å²) in [6.45, 7) is -1.69. The molecule has 1 aromatic carbocycles. The molecule has 0 bridgehead atoms. The number of anilines is 2. The molecule has 0 radical (unpaired) electrons. The number of likely N-dealkylation sites (N-methyl/N-ethyl adjacent to an activating group) is 1. The molecule has 2 aliphatic heterocycles. The number of amides is 2. The van der Waals surface area contributed by atoms with Crippen LogP contribution < -0.4 is 20.1 Å². The number of hydrogen-bond acceptors (Lipinski definition) is 8. The van der Waals surface area contributed by atoms with E-state index in [0.29, 0.717) is 43.2 Å². The zero-order valence-corrected chi connectivity index (χ0v) is 20.1. The molecule has 0 unspecified atom stereocenters. The van der Waals surface area contributed by atoms with Crippen molar-refractivity contribution in [3.8, 4) is 22.8 Å². The normalized spacial score (nSPS) is 16.9. The Morgan fingerprint density at radius 1 is 1.34 bits per heavy atom. The minimum absolute atomic E-state index is 0.137. The molecule has 0 saturated carbocycles. The van der Waals surface area contributed by atoms with E-state index in [0.717, 1.165) is 0 Å². The average molecular weight is 524 g/mol. The fourth-order valence-electron chi connectivity index (χ4n) is 4.61. The molecule has 2 N–H and O–H groups in total. The summed E-state index contributed by atoms with van der Waals surface area (Å²) in [5, 5.41) is 14.6. The number of carbonyl (C=O) groups excluding carboxylic acids is 2. The SMILES string of the molecule is CN1CC[C@@H](n2cc(NC(=O)c3cnn4cccnc34)c(-c3cc4c(cc3OC(F)F)NCCO4)n2)C1=O. The number of rotatable bonds is 6. The molecule has 3 aromatic heterocycles. The van der Waals surface area contributed by atoms with Crippen LogP contribution in [0.1, 0.15) is 22.8 Å². The van der Waals surface area contributed by atoms with Crippen molar-refractivity contribution in [2.24, 2.45) is 0 Å². The highest BCUT2D eigenvalue weighted by atomic mass is 19.3. The van der Waals surface area contributed by atoms with Crippen LogP contribution in [0.3, 0.4) is 0 Å². The van der Waals surface area contributed by atoms with Crippen LogP contribution in [-0.2, 0) is 4.79 Å². The first-order chi connectivity index (χ1) is 18.4. The Bertz CT molecular complexity index is 1550. The lowest BCUT2D eigenvalue weighted by Gasteiger charge is -2.21. The molecule has 0 spiro atoms. The molecule has 2 aliphatic rings. The third-order valence-corrected chi connectivity index (χ3v) is 6.45. The topological polar surface area (TPSA) is 128 Å². The third kappa shape index (κ3) is 4.13. The predicted octanol–water partition coefficient (Wildman–Crippen LogP) is 2.65. The second-order valence-electron chi connectivity index (χ2n) is 8.83. The molecule has 0 aliphatic carbocycles. The van der Waals surface area contributed by atoms with Gasteiger partial charge in [-0.15, -0.1) is 0 Å². The van der Waals surface area contributed by atoms with Crippen molar-refractivity contribution in [2.45, 2.75) is 19.1 Å². The molecule has 5 heterocycles. The summed E-state index contributed by atoms with van der Waals surface area (Å²) in [6, 6.07) is 4.00. The van der Waals surface area contributed by atoms with Crippen LogP contribution in [0.15, 0.2) is 43.0 Å². The Balaban J connectivity index is 1.46. The lowest BCUT2D eigenvalue weighted by Crippen LogP contribution is -2.24. The van der Waals surface area contributed by atoms with Gasteiger partial charge in [-0.2, -0.15) is 19.0 Å².